The Balaban J connectivity index is 2.83. The monoisotopic (exact) mass is 309 g/mol. The van der Waals surface area contributed by atoms with Crippen LogP contribution in [-0.4, -0.2) is 11.2 Å². The van der Waals surface area contributed by atoms with Gasteiger partial charge in [0, 0.05) is 4.47 Å². The highest BCUT2D eigenvalue weighted by atomic mass is 79.9. The molecule has 1 N–H and O–H groups in total. The number of benzene rings is 1. The van der Waals surface area contributed by atoms with Crippen molar-refractivity contribution in [2.45, 2.75) is 0 Å². The van der Waals surface area contributed by atoms with E-state index in [9.17, 15) is 9.18 Å². The molecule has 13 heavy (non-hydrogen) atoms. The van der Waals surface area contributed by atoms with E-state index in [0.717, 1.165) is 0 Å². The molecule has 70 valence electrons. The number of hydrogen-bond donors (Lipinski definition) is 1. The van der Waals surface area contributed by atoms with Crippen LogP contribution in [0.1, 0.15) is 0 Å². The lowest BCUT2D eigenvalue weighted by Gasteiger charge is -2.04. The van der Waals surface area contributed by atoms with Crippen LogP contribution in [-0.2, 0) is 4.79 Å². The molecule has 0 saturated heterocycles. The Morgan fingerprint density at radius 2 is 2.23 bits per heavy atom. The van der Waals surface area contributed by atoms with E-state index in [0.29, 0.717) is 4.47 Å². The molecule has 0 aromatic heterocycles. The van der Waals surface area contributed by atoms with Crippen LogP contribution in [0.3, 0.4) is 0 Å². The fraction of sp³-hybridized carbons (Fsp3) is 0.125. The second-order valence-electron chi connectivity index (χ2n) is 2.31. The summed E-state index contributed by atoms with van der Waals surface area (Å²) in [6.45, 7) is 0. The Bertz CT molecular complexity index is 330. The largest absolute Gasteiger partial charge is 0.323 e. The van der Waals surface area contributed by atoms with Crippen molar-refractivity contribution >= 4 is 43.5 Å². The molecule has 0 bridgehead atoms. The van der Waals surface area contributed by atoms with Crippen LogP contribution in [0.15, 0.2) is 22.7 Å². The van der Waals surface area contributed by atoms with Gasteiger partial charge in [0.15, 0.2) is 0 Å². The summed E-state index contributed by atoms with van der Waals surface area (Å²) in [5.41, 5.74) is 0.188. The summed E-state index contributed by atoms with van der Waals surface area (Å²) in [5.74, 6) is -0.732. The highest BCUT2D eigenvalue weighted by molar-refractivity contribution is 9.10. The molecule has 1 aromatic carbocycles. The van der Waals surface area contributed by atoms with Crippen LogP contribution in [0.5, 0.6) is 0 Å². The molecule has 5 heteroatoms. The van der Waals surface area contributed by atoms with Crippen molar-refractivity contribution in [3.63, 3.8) is 0 Å². The average Bonchev–Trinajstić information content (AvgIpc) is 2.09. The topological polar surface area (TPSA) is 29.1 Å². The van der Waals surface area contributed by atoms with Gasteiger partial charge >= 0.3 is 0 Å². The number of nitrogens with one attached hydrogen (secondary N) is 1. The van der Waals surface area contributed by atoms with Crippen LogP contribution in [0.25, 0.3) is 0 Å². The van der Waals surface area contributed by atoms with Gasteiger partial charge in [-0.2, -0.15) is 0 Å². The predicted molar refractivity (Wildman–Crippen MR) is 56.5 cm³/mol. The second kappa shape index (κ2) is 4.72. The summed E-state index contributed by atoms with van der Waals surface area (Å²) in [6.07, 6.45) is 0. The Labute approximate surface area is 91.8 Å². The van der Waals surface area contributed by atoms with Crippen molar-refractivity contribution in [1.82, 2.24) is 0 Å². The van der Waals surface area contributed by atoms with E-state index in [1.807, 2.05) is 0 Å². The van der Waals surface area contributed by atoms with Crippen LogP contribution < -0.4 is 5.32 Å². The quantitative estimate of drug-likeness (QED) is 0.836. The zero-order valence-electron chi connectivity index (χ0n) is 6.48. The maximum Gasteiger partial charge on any atom is 0.235 e. The fourth-order valence-electron chi connectivity index (χ4n) is 0.774. The van der Waals surface area contributed by atoms with Gasteiger partial charge in [0.25, 0.3) is 0 Å². The van der Waals surface area contributed by atoms with Gasteiger partial charge in [0.2, 0.25) is 5.91 Å². The minimum absolute atomic E-state index is 0.155. The van der Waals surface area contributed by atoms with E-state index < -0.39 is 5.82 Å². The third-order valence-electron chi connectivity index (χ3n) is 1.33. The smallest absolute Gasteiger partial charge is 0.235 e. The number of hydrogen-bond acceptors (Lipinski definition) is 1. The number of carbonyl (C=O) groups is 1. The molecule has 0 aliphatic heterocycles. The van der Waals surface area contributed by atoms with E-state index in [2.05, 4.69) is 37.2 Å². The standard InChI is InChI=1S/C8H6Br2FNO/c9-4-8(13)12-7-2-1-5(10)3-6(7)11/h1-3H,4H2,(H,12,13). The molecule has 0 unspecified atom stereocenters. The lowest BCUT2D eigenvalue weighted by atomic mass is 10.3. The zero-order valence-corrected chi connectivity index (χ0v) is 9.65. The van der Waals surface area contributed by atoms with Crippen molar-refractivity contribution in [3.8, 4) is 0 Å². The summed E-state index contributed by atoms with van der Waals surface area (Å²) >= 11 is 6.09. The minimum atomic E-state index is -0.455. The molecule has 0 atom stereocenters. The van der Waals surface area contributed by atoms with Gasteiger partial charge < -0.3 is 5.32 Å². The lowest BCUT2D eigenvalue weighted by molar-refractivity contribution is -0.113. The highest BCUT2D eigenvalue weighted by Gasteiger charge is 2.05. The number of amides is 1. The summed E-state index contributed by atoms with van der Waals surface area (Å²) in [6, 6.07) is 4.46. The van der Waals surface area contributed by atoms with Crippen molar-refractivity contribution < 1.29 is 9.18 Å². The normalized spacial score (nSPS) is 9.77. The Hall–Kier alpha value is -0.420. The molecular formula is C8H6Br2FNO. The van der Waals surface area contributed by atoms with Gasteiger partial charge in [0.05, 0.1) is 11.0 Å². The van der Waals surface area contributed by atoms with Crippen molar-refractivity contribution in [1.29, 1.82) is 0 Å². The molecule has 0 radical (unpaired) electrons. The number of alkyl halides is 1. The molecule has 1 aromatic rings. The molecule has 0 aliphatic rings. The molecule has 1 rings (SSSR count). The number of rotatable bonds is 2. The van der Waals surface area contributed by atoms with Gasteiger partial charge in [-0.05, 0) is 18.2 Å². The van der Waals surface area contributed by atoms with E-state index in [1.165, 1.54) is 12.1 Å². The van der Waals surface area contributed by atoms with Crippen LogP contribution in [0.4, 0.5) is 10.1 Å². The SMILES string of the molecule is O=C(CBr)Nc1ccc(Br)cc1F. The van der Waals surface area contributed by atoms with Crippen LogP contribution >= 0.6 is 31.9 Å². The van der Waals surface area contributed by atoms with Gasteiger partial charge in [-0.1, -0.05) is 31.9 Å². The molecule has 1 amide bonds. The van der Waals surface area contributed by atoms with Crippen molar-refractivity contribution in [3.05, 3.63) is 28.5 Å². The predicted octanol–water partition coefficient (Wildman–Crippen LogP) is 2.92. The number of halogens is 3. The van der Waals surface area contributed by atoms with E-state index in [-0.39, 0.29) is 16.9 Å². The van der Waals surface area contributed by atoms with E-state index in [4.69, 9.17) is 0 Å². The lowest BCUT2D eigenvalue weighted by Crippen LogP contribution is -2.13. The Morgan fingerprint density at radius 1 is 1.54 bits per heavy atom. The van der Waals surface area contributed by atoms with Crippen LogP contribution in [0.2, 0.25) is 0 Å². The summed E-state index contributed by atoms with van der Waals surface area (Å²) in [4.78, 5) is 10.9. The maximum absolute atomic E-state index is 13.1. The fourth-order valence-corrected chi connectivity index (χ4v) is 1.25. The van der Waals surface area contributed by atoms with Crippen molar-refractivity contribution in [2.75, 3.05) is 10.6 Å². The summed E-state index contributed by atoms with van der Waals surface area (Å²) < 4.78 is 13.7. The average molecular weight is 311 g/mol. The molecule has 0 saturated carbocycles. The first-order valence-corrected chi connectivity index (χ1v) is 5.36. The third kappa shape index (κ3) is 3.08. The number of anilines is 1. The van der Waals surface area contributed by atoms with Gasteiger partial charge in [-0.15, -0.1) is 0 Å². The molecule has 2 nitrogen and oxygen atoms in total. The Morgan fingerprint density at radius 3 is 2.77 bits per heavy atom. The Kier molecular flexibility index (Phi) is 3.87. The van der Waals surface area contributed by atoms with Crippen molar-refractivity contribution in [2.24, 2.45) is 0 Å². The summed E-state index contributed by atoms with van der Waals surface area (Å²) in [5, 5.41) is 2.56. The molecule has 0 spiro atoms. The minimum Gasteiger partial charge on any atom is -0.323 e. The third-order valence-corrected chi connectivity index (χ3v) is 2.33. The highest BCUT2D eigenvalue weighted by Crippen LogP contribution is 2.19. The first-order valence-electron chi connectivity index (χ1n) is 3.44. The van der Waals surface area contributed by atoms with Gasteiger partial charge in [-0.25, -0.2) is 4.39 Å². The zero-order chi connectivity index (χ0) is 9.84. The van der Waals surface area contributed by atoms with E-state index in [1.54, 1.807) is 6.07 Å². The summed E-state index contributed by atoms with van der Waals surface area (Å²) in [7, 11) is 0. The second-order valence-corrected chi connectivity index (χ2v) is 3.78. The van der Waals surface area contributed by atoms with Gasteiger partial charge in [0.1, 0.15) is 5.82 Å². The molecule has 0 heterocycles. The van der Waals surface area contributed by atoms with Gasteiger partial charge in [-0.3, -0.25) is 4.79 Å². The maximum atomic E-state index is 13.1. The first kappa shape index (κ1) is 10.7. The molecular weight excluding hydrogens is 305 g/mol. The molecule has 0 aliphatic carbocycles. The number of carbonyl (C=O) groups excluding carboxylic acids is 1. The van der Waals surface area contributed by atoms with E-state index >= 15 is 0 Å². The van der Waals surface area contributed by atoms with Crippen LogP contribution in [0, 0.1) is 5.82 Å². The first-order chi connectivity index (χ1) is 6.13. The molecule has 0 fully saturated rings.